The Bertz CT molecular complexity index is 951. The number of anilines is 1. The summed E-state index contributed by atoms with van der Waals surface area (Å²) in [5.74, 6) is 0.706. The summed E-state index contributed by atoms with van der Waals surface area (Å²) in [6.45, 7) is 0.396. The van der Waals surface area contributed by atoms with Crippen molar-refractivity contribution in [2.45, 2.75) is 6.10 Å². The first-order chi connectivity index (χ1) is 12.3. The second kappa shape index (κ2) is 7.01. The number of aromatic nitrogens is 2. The molecule has 5 heteroatoms. The molecule has 1 atom stereocenters. The van der Waals surface area contributed by atoms with E-state index in [4.69, 9.17) is 0 Å². The number of hydrogen-bond acceptors (Lipinski definition) is 5. The van der Waals surface area contributed by atoms with Gasteiger partial charge in [0.25, 0.3) is 0 Å². The van der Waals surface area contributed by atoms with E-state index in [1.165, 1.54) is 10.1 Å². The number of nitrogens with one attached hydrogen (secondary N) is 1. The quantitative estimate of drug-likeness (QED) is 0.558. The molecule has 2 aromatic heterocycles. The van der Waals surface area contributed by atoms with Crippen LogP contribution in [-0.4, -0.2) is 21.6 Å². The highest BCUT2D eigenvalue weighted by atomic mass is 32.1. The fourth-order valence-corrected chi connectivity index (χ4v) is 3.72. The second-order valence-electron chi connectivity index (χ2n) is 5.74. The van der Waals surface area contributed by atoms with Crippen LogP contribution in [0.25, 0.3) is 20.7 Å². The Morgan fingerprint density at radius 2 is 1.76 bits per heavy atom. The van der Waals surface area contributed by atoms with Crippen LogP contribution in [0.3, 0.4) is 0 Å². The van der Waals surface area contributed by atoms with E-state index in [1.807, 2.05) is 48.5 Å². The van der Waals surface area contributed by atoms with E-state index in [9.17, 15) is 5.11 Å². The lowest BCUT2D eigenvalue weighted by Gasteiger charge is -2.12. The van der Waals surface area contributed by atoms with Crippen molar-refractivity contribution in [3.8, 4) is 10.6 Å². The minimum Gasteiger partial charge on any atom is -0.387 e. The van der Waals surface area contributed by atoms with E-state index in [0.717, 1.165) is 16.1 Å². The highest BCUT2D eigenvalue weighted by Crippen LogP contribution is 2.32. The molecule has 124 valence electrons. The Kier molecular flexibility index (Phi) is 4.41. The Labute approximate surface area is 149 Å². The molecule has 0 aliphatic rings. The van der Waals surface area contributed by atoms with Crippen LogP contribution in [0.15, 0.2) is 73.1 Å². The molecule has 1 unspecified atom stereocenters. The van der Waals surface area contributed by atoms with Gasteiger partial charge < -0.3 is 10.4 Å². The van der Waals surface area contributed by atoms with Crippen molar-refractivity contribution in [1.29, 1.82) is 0 Å². The summed E-state index contributed by atoms with van der Waals surface area (Å²) >= 11 is 1.71. The van der Waals surface area contributed by atoms with E-state index >= 15 is 0 Å². The van der Waals surface area contributed by atoms with Gasteiger partial charge in [-0.2, -0.15) is 0 Å². The molecule has 4 nitrogen and oxygen atoms in total. The van der Waals surface area contributed by atoms with Crippen LogP contribution in [0.2, 0.25) is 0 Å². The van der Waals surface area contributed by atoms with E-state index in [0.29, 0.717) is 12.4 Å². The molecule has 0 saturated heterocycles. The standard InChI is InChI=1S/C20H17N3OS/c24-17(14-6-2-1-3-7-14)12-21-20-11-16(22-13-23-20)19-10-15-8-4-5-9-18(15)25-19/h1-11,13,17,24H,12H2,(H,21,22,23). The van der Waals surface area contributed by atoms with Gasteiger partial charge in [-0.15, -0.1) is 11.3 Å². The summed E-state index contributed by atoms with van der Waals surface area (Å²) in [4.78, 5) is 9.75. The number of rotatable bonds is 5. The van der Waals surface area contributed by atoms with Gasteiger partial charge in [-0.3, -0.25) is 0 Å². The van der Waals surface area contributed by atoms with Gasteiger partial charge >= 0.3 is 0 Å². The van der Waals surface area contributed by atoms with Crippen LogP contribution in [0, 0.1) is 0 Å². The largest absolute Gasteiger partial charge is 0.387 e. The zero-order valence-electron chi connectivity index (χ0n) is 13.5. The first-order valence-corrected chi connectivity index (χ1v) is 8.89. The van der Waals surface area contributed by atoms with Crippen molar-refractivity contribution in [2.24, 2.45) is 0 Å². The monoisotopic (exact) mass is 347 g/mol. The first kappa shape index (κ1) is 15.7. The summed E-state index contributed by atoms with van der Waals surface area (Å²) in [5, 5.41) is 14.7. The molecule has 0 aliphatic heterocycles. The zero-order chi connectivity index (χ0) is 17.1. The number of nitrogens with zero attached hydrogens (tertiary/aromatic N) is 2. The van der Waals surface area contributed by atoms with Gasteiger partial charge in [-0.05, 0) is 23.1 Å². The van der Waals surface area contributed by atoms with Crippen molar-refractivity contribution in [3.05, 3.63) is 78.6 Å². The van der Waals surface area contributed by atoms with Crippen molar-refractivity contribution >= 4 is 27.2 Å². The topological polar surface area (TPSA) is 58.0 Å². The third-order valence-corrected chi connectivity index (χ3v) is 5.14. The SMILES string of the molecule is OC(CNc1cc(-c2cc3ccccc3s2)ncn1)c1ccccc1. The van der Waals surface area contributed by atoms with Gasteiger partial charge in [0.05, 0.1) is 16.7 Å². The van der Waals surface area contributed by atoms with E-state index in [-0.39, 0.29) is 0 Å². The molecule has 0 radical (unpaired) electrons. The molecular formula is C20H17N3OS. The predicted molar refractivity (Wildman–Crippen MR) is 103 cm³/mol. The maximum atomic E-state index is 10.3. The van der Waals surface area contributed by atoms with Crippen molar-refractivity contribution in [2.75, 3.05) is 11.9 Å². The predicted octanol–water partition coefficient (Wildman–Crippen LogP) is 4.50. The van der Waals surface area contributed by atoms with Crippen LogP contribution >= 0.6 is 11.3 Å². The molecule has 2 N–H and O–H groups in total. The molecule has 0 aliphatic carbocycles. The molecule has 0 spiro atoms. The molecule has 4 aromatic rings. The molecule has 0 bridgehead atoms. The van der Waals surface area contributed by atoms with Crippen LogP contribution < -0.4 is 5.32 Å². The third kappa shape index (κ3) is 3.52. The van der Waals surface area contributed by atoms with Crippen LogP contribution in [0.1, 0.15) is 11.7 Å². The van der Waals surface area contributed by atoms with Crippen LogP contribution in [-0.2, 0) is 0 Å². The Morgan fingerprint density at radius 3 is 2.60 bits per heavy atom. The maximum absolute atomic E-state index is 10.3. The van der Waals surface area contributed by atoms with Crippen molar-refractivity contribution in [1.82, 2.24) is 9.97 Å². The van der Waals surface area contributed by atoms with Gasteiger partial charge in [-0.1, -0.05) is 48.5 Å². The summed E-state index contributed by atoms with van der Waals surface area (Å²) in [6.07, 6.45) is 0.973. The molecule has 0 fully saturated rings. The van der Waals surface area contributed by atoms with Crippen molar-refractivity contribution < 1.29 is 5.11 Å². The normalized spacial score (nSPS) is 12.2. The average Bonchev–Trinajstić information content (AvgIpc) is 3.11. The van der Waals surface area contributed by atoms with E-state index < -0.39 is 6.10 Å². The summed E-state index contributed by atoms with van der Waals surface area (Å²) in [5.41, 5.74) is 1.77. The lowest BCUT2D eigenvalue weighted by Crippen LogP contribution is -2.13. The van der Waals surface area contributed by atoms with Gasteiger partial charge in [0.2, 0.25) is 0 Å². The summed E-state index contributed by atoms with van der Waals surface area (Å²) in [6, 6.07) is 22.0. The Hall–Kier alpha value is -2.76. The zero-order valence-corrected chi connectivity index (χ0v) is 14.3. The smallest absolute Gasteiger partial charge is 0.130 e. The molecule has 2 aromatic carbocycles. The third-order valence-electron chi connectivity index (χ3n) is 4.01. The lowest BCUT2D eigenvalue weighted by molar-refractivity contribution is 0.191. The lowest BCUT2D eigenvalue weighted by atomic mass is 10.1. The fraction of sp³-hybridized carbons (Fsp3) is 0.100. The highest BCUT2D eigenvalue weighted by Gasteiger charge is 2.09. The van der Waals surface area contributed by atoms with Gasteiger partial charge in [0, 0.05) is 17.3 Å². The number of hydrogen-bond donors (Lipinski definition) is 2. The van der Waals surface area contributed by atoms with Crippen LogP contribution in [0.5, 0.6) is 0 Å². The van der Waals surface area contributed by atoms with Gasteiger partial charge in [-0.25, -0.2) is 9.97 Å². The molecule has 2 heterocycles. The minimum atomic E-state index is -0.580. The Balaban J connectivity index is 1.51. The molecule has 4 rings (SSSR count). The minimum absolute atomic E-state index is 0.396. The molecule has 0 saturated carbocycles. The number of aliphatic hydroxyl groups excluding tert-OH is 1. The van der Waals surface area contributed by atoms with Gasteiger partial charge in [0.15, 0.2) is 0 Å². The number of benzene rings is 2. The first-order valence-electron chi connectivity index (χ1n) is 8.07. The highest BCUT2D eigenvalue weighted by molar-refractivity contribution is 7.22. The number of fused-ring (bicyclic) bond motifs is 1. The summed E-state index contributed by atoms with van der Waals surface area (Å²) < 4.78 is 1.24. The summed E-state index contributed by atoms with van der Waals surface area (Å²) in [7, 11) is 0. The van der Waals surface area contributed by atoms with Crippen LogP contribution in [0.4, 0.5) is 5.82 Å². The molecular weight excluding hydrogens is 330 g/mol. The van der Waals surface area contributed by atoms with E-state index in [2.05, 4.69) is 33.5 Å². The average molecular weight is 347 g/mol. The Morgan fingerprint density at radius 1 is 0.960 bits per heavy atom. The maximum Gasteiger partial charge on any atom is 0.130 e. The second-order valence-corrected chi connectivity index (χ2v) is 6.83. The number of thiophene rings is 1. The number of aliphatic hydroxyl groups is 1. The fourth-order valence-electron chi connectivity index (χ4n) is 2.69. The molecule has 25 heavy (non-hydrogen) atoms. The van der Waals surface area contributed by atoms with Gasteiger partial charge in [0.1, 0.15) is 12.1 Å². The van der Waals surface area contributed by atoms with E-state index in [1.54, 1.807) is 17.7 Å². The van der Waals surface area contributed by atoms with Crippen molar-refractivity contribution in [3.63, 3.8) is 0 Å². The molecule has 0 amide bonds.